The average molecular weight is 181 g/mol. The van der Waals surface area contributed by atoms with Gasteiger partial charge in [0.25, 0.3) is 0 Å². The first-order valence-electron chi connectivity index (χ1n) is 2.42. The minimum atomic E-state index is -3.94. The molecular weight excluding hydrogens is 171 g/mol. The van der Waals surface area contributed by atoms with E-state index in [9.17, 15) is 13.2 Å². The third kappa shape index (κ3) is 11.9. The summed E-state index contributed by atoms with van der Waals surface area (Å²) >= 11 is 0. The van der Waals surface area contributed by atoms with Crippen LogP contribution in [-0.4, -0.2) is 12.3 Å². The summed E-state index contributed by atoms with van der Waals surface area (Å²) < 4.78 is 33.7. The Hall–Kier alpha value is 0.510. The molecule has 0 radical (unpaired) electrons. The predicted octanol–water partition coefficient (Wildman–Crippen LogP) is -1.06. The van der Waals surface area contributed by atoms with Gasteiger partial charge in [-0.15, -0.1) is 0 Å². The van der Waals surface area contributed by atoms with Crippen LogP contribution >= 0.6 is 9.24 Å². The molecule has 0 aliphatic rings. The lowest BCUT2D eigenvalue weighted by molar-refractivity contribution is -0.134. The van der Waals surface area contributed by atoms with Crippen molar-refractivity contribution in [1.82, 2.24) is 0 Å². The van der Waals surface area contributed by atoms with E-state index in [1.165, 1.54) is 0 Å². The number of hydrogen-bond donors (Lipinski definition) is 0. The molecule has 1 atom stereocenters. The third-order valence-corrected chi connectivity index (χ3v) is 1.21. The van der Waals surface area contributed by atoms with Crippen molar-refractivity contribution in [1.29, 1.82) is 0 Å². The van der Waals surface area contributed by atoms with Crippen molar-refractivity contribution in [2.45, 2.75) is 19.0 Å². The summed E-state index contributed by atoms with van der Waals surface area (Å²) in [5, 5.41) is 0. The van der Waals surface area contributed by atoms with Gasteiger partial charge < -0.3 is 12.4 Å². The van der Waals surface area contributed by atoms with Crippen LogP contribution in [0.5, 0.6) is 0 Å². The Kier molecular flexibility index (Phi) is 7.20. The quantitative estimate of drug-likeness (QED) is 0.476. The van der Waals surface area contributed by atoms with Crippen molar-refractivity contribution >= 4 is 9.24 Å². The zero-order chi connectivity index (χ0) is 6.62. The second kappa shape index (κ2) is 5.31. The lowest BCUT2D eigenvalue weighted by atomic mass is 10.3. The third-order valence-electron chi connectivity index (χ3n) is 0.710. The van der Waals surface area contributed by atoms with E-state index in [4.69, 9.17) is 0 Å². The first-order valence-corrected chi connectivity index (χ1v) is 3.42. The van der Waals surface area contributed by atoms with Gasteiger partial charge in [-0.1, -0.05) is 0 Å². The van der Waals surface area contributed by atoms with Crippen molar-refractivity contribution in [3.05, 3.63) is 0 Å². The number of hydrogen-bond acceptors (Lipinski definition) is 0. The van der Waals surface area contributed by atoms with Crippen molar-refractivity contribution in [2.75, 3.05) is 6.16 Å². The molecule has 1 unspecified atom stereocenters. The van der Waals surface area contributed by atoms with Crippen molar-refractivity contribution in [3.63, 3.8) is 0 Å². The molecule has 0 heterocycles. The van der Waals surface area contributed by atoms with Crippen LogP contribution in [0.1, 0.15) is 12.8 Å². The molecule has 0 N–H and O–H groups in total. The summed E-state index contributed by atoms with van der Waals surface area (Å²) in [4.78, 5) is 0. The van der Waals surface area contributed by atoms with Crippen LogP contribution in [0.2, 0.25) is 0 Å². The van der Waals surface area contributed by atoms with Gasteiger partial charge in [-0.2, -0.15) is 13.2 Å². The molecule has 0 spiro atoms. The highest BCUT2D eigenvalue weighted by Gasteiger charge is 2.25. The van der Waals surface area contributed by atoms with Gasteiger partial charge in [-0.3, -0.25) is 0 Å². The summed E-state index contributed by atoms with van der Waals surface area (Å²) in [5.74, 6) is 0. The highest BCUT2D eigenvalue weighted by molar-refractivity contribution is 7.16. The maximum atomic E-state index is 11.2. The Morgan fingerprint density at radius 3 is 1.78 bits per heavy atom. The van der Waals surface area contributed by atoms with E-state index < -0.39 is 12.6 Å². The Morgan fingerprint density at radius 2 is 1.67 bits per heavy atom. The van der Waals surface area contributed by atoms with Gasteiger partial charge in [0, 0.05) is 6.42 Å². The smallest absolute Gasteiger partial charge is 0.389 e. The highest BCUT2D eigenvalue weighted by atomic mass is 35.5. The van der Waals surface area contributed by atoms with Crippen LogP contribution in [0.4, 0.5) is 13.2 Å². The molecular formula is C4H9ClF3P. The molecule has 0 aromatic heterocycles. The fraction of sp³-hybridized carbons (Fsp3) is 1.00. The van der Waals surface area contributed by atoms with Crippen LogP contribution in [0, 0.1) is 0 Å². The molecule has 9 heavy (non-hydrogen) atoms. The van der Waals surface area contributed by atoms with Crippen molar-refractivity contribution in [2.24, 2.45) is 0 Å². The molecule has 0 bridgehead atoms. The van der Waals surface area contributed by atoms with Gasteiger partial charge in [-0.05, 0) is 15.7 Å². The molecule has 0 aromatic carbocycles. The maximum Gasteiger partial charge on any atom is 0.389 e. The highest BCUT2D eigenvalue weighted by Crippen LogP contribution is 2.21. The van der Waals surface area contributed by atoms with E-state index >= 15 is 0 Å². The molecule has 0 saturated heterocycles. The molecule has 58 valence electrons. The lowest BCUT2D eigenvalue weighted by Gasteiger charge is -2.01. The molecule has 0 aliphatic carbocycles. The molecule has 0 aromatic rings. The van der Waals surface area contributed by atoms with Crippen LogP contribution < -0.4 is 12.4 Å². The lowest BCUT2D eigenvalue weighted by Crippen LogP contribution is -3.00. The van der Waals surface area contributed by atoms with E-state index in [1.54, 1.807) is 9.24 Å². The zero-order valence-corrected chi connectivity index (χ0v) is 7.01. The molecule has 5 heteroatoms. The first kappa shape index (κ1) is 12.2. The van der Waals surface area contributed by atoms with Gasteiger partial charge in [-0.25, -0.2) is 0 Å². The minimum Gasteiger partial charge on any atom is -1.00 e. The zero-order valence-electron chi connectivity index (χ0n) is 4.84. The van der Waals surface area contributed by atoms with Gasteiger partial charge in [0.15, 0.2) is 0 Å². The van der Waals surface area contributed by atoms with Crippen LogP contribution in [0.3, 0.4) is 0 Å². The largest absolute Gasteiger partial charge is 1.00 e. The number of alkyl halides is 3. The number of halogens is 4. The first-order chi connectivity index (χ1) is 3.56. The van der Waals surface area contributed by atoms with Crippen LogP contribution in [0.25, 0.3) is 0 Å². The summed E-state index contributed by atoms with van der Waals surface area (Å²) in [7, 11) is 1.57. The summed E-state index contributed by atoms with van der Waals surface area (Å²) in [6.45, 7) is 0. The average Bonchev–Trinajstić information content (AvgIpc) is 1.59. The minimum absolute atomic E-state index is 0. The summed E-state index contributed by atoms with van der Waals surface area (Å²) in [6, 6.07) is 0. The summed E-state index contributed by atoms with van der Waals surface area (Å²) in [6.07, 6.45) is -3.67. The fourth-order valence-corrected chi connectivity index (χ4v) is 0.575. The second-order valence-corrected chi connectivity index (χ2v) is 2.28. The van der Waals surface area contributed by atoms with Crippen LogP contribution in [0.15, 0.2) is 0 Å². The molecule has 0 nitrogen and oxygen atoms in total. The van der Waals surface area contributed by atoms with Crippen molar-refractivity contribution in [3.8, 4) is 0 Å². The Balaban J connectivity index is 0. The van der Waals surface area contributed by atoms with Gasteiger partial charge in [0.05, 0.1) is 6.16 Å². The monoisotopic (exact) mass is 180 g/mol. The van der Waals surface area contributed by atoms with Crippen molar-refractivity contribution < 1.29 is 25.6 Å². The number of rotatable bonds is 2. The van der Waals surface area contributed by atoms with E-state index in [1.807, 2.05) is 0 Å². The molecule has 0 fully saturated rings. The topological polar surface area (TPSA) is 0 Å². The Morgan fingerprint density at radius 1 is 1.22 bits per heavy atom. The standard InChI is InChI=1S/C4H8F3P.ClH/c5-4(6,7)2-1-3-8;/h1-3,8H2;1H. The molecule has 0 rings (SSSR count). The van der Waals surface area contributed by atoms with E-state index in [0.717, 1.165) is 0 Å². The fourth-order valence-electron chi connectivity index (χ4n) is 0.325. The maximum absolute atomic E-state index is 11.2. The second-order valence-electron chi connectivity index (χ2n) is 1.57. The van der Waals surface area contributed by atoms with Gasteiger partial charge >= 0.3 is 6.18 Å². The van der Waals surface area contributed by atoms with Gasteiger partial charge in [0.2, 0.25) is 0 Å². The SMILES string of the molecule is FC(F)(F)CCC[PH3+].[Cl-]. The van der Waals surface area contributed by atoms with E-state index in [-0.39, 0.29) is 18.8 Å². The van der Waals surface area contributed by atoms with Gasteiger partial charge in [0.1, 0.15) is 0 Å². The molecule has 0 aliphatic heterocycles. The summed E-state index contributed by atoms with van der Waals surface area (Å²) in [5.41, 5.74) is 0. The normalized spacial score (nSPS) is 11.0. The van der Waals surface area contributed by atoms with E-state index in [0.29, 0.717) is 6.16 Å². The predicted molar refractivity (Wildman–Crippen MR) is 31.3 cm³/mol. The Bertz CT molecular complexity index is 63.3. The molecule has 0 amide bonds. The Labute approximate surface area is 60.8 Å². The molecule has 0 saturated carbocycles. The van der Waals surface area contributed by atoms with E-state index in [2.05, 4.69) is 0 Å². The van der Waals surface area contributed by atoms with Crippen LogP contribution in [-0.2, 0) is 0 Å².